The highest BCUT2D eigenvalue weighted by Crippen LogP contribution is 2.17. The maximum absolute atomic E-state index is 13.0. The van der Waals surface area contributed by atoms with Crippen LogP contribution in [0.2, 0.25) is 0 Å². The number of carbonyl (C=O) groups is 1. The van der Waals surface area contributed by atoms with Crippen LogP contribution in [0.15, 0.2) is 12.1 Å². The molecule has 0 atom stereocenters. The van der Waals surface area contributed by atoms with Crippen LogP contribution in [0.25, 0.3) is 0 Å². The number of carbonyl (C=O) groups excluding carboxylic acids is 1. The standard InChI is InChI=1S/C9H10FNO2/c1-5-7(9(12)13-2)3-6(11)4-8(5)10/h3-4H,11H2,1-2H3. The van der Waals surface area contributed by atoms with Crippen molar-refractivity contribution in [1.82, 2.24) is 0 Å². The van der Waals surface area contributed by atoms with Gasteiger partial charge in [-0.3, -0.25) is 0 Å². The van der Waals surface area contributed by atoms with Crippen LogP contribution in [0.4, 0.5) is 10.1 Å². The SMILES string of the molecule is COC(=O)c1cc(N)cc(F)c1C. The minimum Gasteiger partial charge on any atom is -0.465 e. The lowest BCUT2D eigenvalue weighted by atomic mass is 10.1. The molecule has 13 heavy (non-hydrogen) atoms. The molecule has 0 saturated carbocycles. The van der Waals surface area contributed by atoms with Gasteiger partial charge in [-0.2, -0.15) is 0 Å². The van der Waals surface area contributed by atoms with E-state index in [2.05, 4.69) is 4.74 Å². The molecule has 2 N–H and O–H groups in total. The molecular weight excluding hydrogens is 173 g/mol. The molecule has 1 aromatic rings. The molecule has 0 unspecified atom stereocenters. The first-order valence-electron chi connectivity index (χ1n) is 3.70. The van der Waals surface area contributed by atoms with Crippen molar-refractivity contribution in [1.29, 1.82) is 0 Å². The molecule has 0 aliphatic carbocycles. The van der Waals surface area contributed by atoms with Gasteiger partial charge in [0.2, 0.25) is 0 Å². The summed E-state index contributed by atoms with van der Waals surface area (Å²) in [5, 5.41) is 0. The van der Waals surface area contributed by atoms with Crippen molar-refractivity contribution in [3.05, 3.63) is 29.1 Å². The van der Waals surface area contributed by atoms with E-state index in [1.54, 1.807) is 0 Å². The molecule has 4 heteroatoms. The Kier molecular flexibility index (Phi) is 2.51. The third-order valence-electron chi connectivity index (χ3n) is 1.77. The molecule has 0 aliphatic rings. The van der Waals surface area contributed by atoms with E-state index in [9.17, 15) is 9.18 Å². The average Bonchev–Trinajstić information content (AvgIpc) is 2.10. The first kappa shape index (κ1) is 9.51. The summed E-state index contributed by atoms with van der Waals surface area (Å²) in [5.41, 5.74) is 6.00. The number of ether oxygens (including phenoxy) is 1. The topological polar surface area (TPSA) is 52.3 Å². The predicted molar refractivity (Wildman–Crippen MR) is 46.9 cm³/mol. The summed E-state index contributed by atoms with van der Waals surface area (Å²) in [6.45, 7) is 1.50. The van der Waals surface area contributed by atoms with Crippen molar-refractivity contribution in [2.24, 2.45) is 0 Å². The summed E-state index contributed by atoms with van der Waals surface area (Å²) >= 11 is 0. The van der Waals surface area contributed by atoms with Crippen molar-refractivity contribution in [2.75, 3.05) is 12.8 Å². The number of hydrogen-bond acceptors (Lipinski definition) is 3. The maximum Gasteiger partial charge on any atom is 0.338 e. The Morgan fingerprint density at radius 3 is 2.69 bits per heavy atom. The van der Waals surface area contributed by atoms with E-state index in [1.165, 1.54) is 26.2 Å². The van der Waals surface area contributed by atoms with E-state index in [0.717, 1.165) is 0 Å². The lowest BCUT2D eigenvalue weighted by molar-refractivity contribution is 0.0599. The second-order valence-electron chi connectivity index (χ2n) is 2.67. The van der Waals surface area contributed by atoms with E-state index in [4.69, 9.17) is 5.73 Å². The number of esters is 1. The number of hydrogen-bond donors (Lipinski definition) is 1. The van der Waals surface area contributed by atoms with Gasteiger partial charge in [0.05, 0.1) is 12.7 Å². The third kappa shape index (κ3) is 1.77. The molecule has 0 saturated heterocycles. The van der Waals surface area contributed by atoms with Crippen molar-refractivity contribution in [3.8, 4) is 0 Å². The van der Waals surface area contributed by atoms with Gasteiger partial charge in [-0.25, -0.2) is 9.18 Å². The number of rotatable bonds is 1. The fourth-order valence-corrected chi connectivity index (χ4v) is 1.02. The van der Waals surface area contributed by atoms with Crippen LogP contribution in [-0.2, 0) is 4.74 Å². The maximum atomic E-state index is 13.0. The summed E-state index contributed by atoms with van der Waals surface area (Å²) in [7, 11) is 1.24. The van der Waals surface area contributed by atoms with Crippen LogP contribution in [-0.4, -0.2) is 13.1 Å². The first-order valence-corrected chi connectivity index (χ1v) is 3.70. The third-order valence-corrected chi connectivity index (χ3v) is 1.77. The molecule has 3 nitrogen and oxygen atoms in total. The summed E-state index contributed by atoms with van der Waals surface area (Å²) in [4.78, 5) is 11.1. The van der Waals surface area contributed by atoms with E-state index in [1.807, 2.05) is 0 Å². The Morgan fingerprint density at radius 1 is 1.54 bits per heavy atom. The summed E-state index contributed by atoms with van der Waals surface area (Å²) < 4.78 is 17.5. The highest BCUT2D eigenvalue weighted by atomic mass is 19.1. The van der Waals surface area contributed by atoms with Gasteiger partial charge in [-0.15, -0.1) is 0 Å². The molecule has 0 bridgehead atoms. The smallest absolute Gasteiger partial charge is 0.338 e. The fourth-order valence-electron chi connectivity index (χ4n) is 1.02. The summed E-state index contributed by atoms with van der Waals surface area (Å²) in [6, 6.07) is 2.56. The largest absolute Gasteiger partial charge is 0.465 e. The highest BCUT2D eigenvalue weighted by molar-refractivity contribution is 5.92. The lowest BCUT2D eigenvalue weighted by Gasteiger charge is -2.05. The monoisotopic (exact) mass is 183 g/mol. The van der Waals surface area contributed by atoms with Crippen LogP contribution < -0.4 is 5.73 Å². The number of nitrogen functional groups attached to an aromatic ring is 1. The van der Waals surface area contributed by atoms with Crippen LogP contribution in [0.3, 0.4) is 0 Å². The predicted octanol–water partition coefficient (Wildman–Crippen LogP) is 1.50. The Labute approximate surface area is 75.3 Å². The molecule has 0 aliphatic heterocycles. The number of methoxy groups -OCH3 is 1. The van der Waals surface area contributed by atoms with Crippen molar-refractivity contribution < 1.29 is 13.9 Å². The molecule has 0 amide bonds. The molecule has 0 fully saturated rings. The zero-order chi connectivity index (χ0) is 10.0. The van der Waals surface area contributed by atoms with Crippen LogP contribution in [0.5, 0.6) is 0 Å². The molecule has 0 spiro atoms. The summed E-state index contributed by atoms with van der Waals surface area (Å²) in [5.74, 6) is -1.08. The minimum atomic E-state index is -0.580. The van der Waals surface area contributed by atoms with E-state index in [-0.39, 0.29) is 16.8 Å². The fraction of sp³-hybridized carbons (Fsp3) is 0.222. The van der Waals surface area contributed by atoms with E-state index < -0.39 is 11.8 Å². The minimum absolute atomic E-state index is 0.167. The van der Waals surface area contributed by atoms with Crippen LogP contribution >= 0.6 is 0 Å². The lowest BCUT2D eigenvalue weighted by Crippen LogP contribution is -2.06. The van der Waals surface area contributed by atoms with Crippen LogP contribution in [0, 0.1) is 12.7 Å². The van der Waals surface area contributed by atoms with Crippen molar-refractivity contribution in [3.63, 3.8) is 0 Å². The van der Waals surface area contributed by atoms with Crippen molar-refractivity contribution in [2.45, 2.75) is 6.92 Å². The Morgan fingerprint density at radius 2 is 2.15 bits per heavy atom. The zero-order valence-electron chi connectivity index (χ0n) is 7.43. The quantitative estimate of drug-likeness (QED) is 0.530. The van der Waals surface area contributed by atoms with Gasteiger partial charge in [0, 0.05) is 5.69 Å². The molecule has 0 heterocycles. The van der Waals surface area contributed by atoms with Gasteiger partial charge in [-0.05, 0) is 24.6 Å². The van der Waals surface area contributed by atoms with Gasteiger partial charge < -0.3 is 10.5 Å². The second-order valence-corrected chi connectivity index (χ2v) is 2.67. The van der Waals surface area contributed by atoms with Gasteiger partial charge in [0.25, 0.3) is 0 Å². The Balaban J connectivity index is 3.28. The zero-order valence-corrected chi connectivity index (χ0v) is 7.43. The second kappa shape index (κ2) is 3.43. The van der Waals surface area contributed by atoms with Gasteiger partial charge in [-0.1, -0.05) is 0 Å². The van der Waals surface area contributed by atoms with Gasteiger partial charge in [0.15, 0.2) is 0 Å². The van der Waals surface area contributed by atoms with Gasteiger partial charge >= 0.3 is 5.97 Å². The summed E-state index contributed by atoms with van der Waals surface area (Å²) in [6.07, 6.45) is 0. The number of halogens is 1. The van der Waals surface area contributed by atoms with Gasteiger partial charge in [0.1, 0.15) is 5.82 Å². The highest BCUT2D eigenvalue weighted by Gasteiger charge is 2.12. The molecule has 70 valence electrons. The number of nitrogens with two attached hydrogens (primary N) is 1. The number of benzene rings is 1. The first-order chi connectivity index (χ1) is 6.06. The van der Waals surface area contributed by atoms with E-state index >= 15 is 0 Å². The molecular formula is C9H10FNO2. The molecule has 1 aromatic carbocycles. The molecule has 1 rings (SSSR count). The average molecular weight is 183 g/mol. The normalized spacial score (nSPS) is 9.77. The van der Waals surface area contributed by atoms with Crippen LogP contribution in [0.1, 0.15) is 15.9 Å². The van der Waals surface area contributed by atoms with Crippen molar-refractivity contribution >= 4 is 11.7 Å². The Bertz CT molecular complexity index is 350. The molecule has 0 aromatic heterocycles. The van der Waals surface area contributed by atoms with E-state index in [0.29, 0.717) is 0 Å². The number of anilines is 1. The molecule has 0 radical (unpaired) electrons. The Hall–Kier alpha value is -1.58.